The molecule has 0 bridgehead atoms. The minimum Gasteiger partial charge on any atom is -0.354 e. The number of anilines is 2. The summed E-state index contributed by atoms with van der Waals surface area (Å²) in [5, 5.41) is 5.59. The first kappa shape index (κ1) is 25.8. The van der Waals surface area contributed by atoms with Gasteiger partial charge in [-0.25, -0.2) is 22.8 Å². The van der Waals surface area contributed by atoms with Crippen LogP contribution in [-0.2, 0) is 22.1 Å². The van der Waals surface area contributed by atoms with E-state index < -0.39 is 27.4 Å². The van der Waals surface area contributed by atoms with Crippen LogP contribution in [0.4, 0.5) is 29.3 Å². The average Bonchev–Trinajstić information content (AvgIpc) is 3.63. The van der Waals surface area contributed by atoms with Crippen molar-refractivity contribution in [1.29, 1.82) is 0 Å². The number of aromatic nitrogens is 3. The Bertz CT molecular complexity index is 1600. The van der Waals surface area contributed by atoms with E-state index in [4.69, 9.17) is 0 Å². The van der Waals surface area contributed by atoms with Gasteiger partial charge in [0.25, 0.3) is 0 Å². The molecule has 0 unspecified atom stereocenters. The number of nitrogens with one attached hydrogen (secondary N) is 2. The molecule has 0 spiro atoms. The number of pyridine rings is 1. The van der Waals surface area contributed by atoms with Gasteiger partial charge in [0.2, 0.25) is 5.95 Å². The molecule has 1 saturated carbocycles. The van der Waals surface area contributed by atoms with Crippen LogP contribution in [-0.4, -0.2) is 41.3 Å². The van der Waals surface area contributed by atoms with Crippen LogP contribution in [0, 0.1) is 5.82 Å². The van der Waals surface area contributed by atoms with Crippen LogP contribution >= 0.6 is 0 Å². The molecule has 5 rings (SSSR count). The van der Waals surface area contributed by atoms with E-state index in [2.05, 4.69) is 25.6 Å². The Morgan fingerprint density at radius 3 is 2.32 bits per heavy atom. The third-order valence-corrected chi connectivity index (χ3v) is 7.06. The number of benzene rings is 2. The Kier molecular flexibility index (Phi) is 6.46. The Morgan fingerprint density at radius 1 is 0.947 bits per heavy atom. The second kappa shape index (κ2) is 9.50. The lowest BCUT2D eigenvalue weighted by atomic mass is 10.1. The first-order valence-electron chi connectivity index (χ1n) is 11.7. The summed E-state index contributed by atoms with van der Waals surface area (Å²) in [6.45, 7) is 0.216. The van der Waals surface area contributed by atoms with Gasteiger partial charge in [-0.05, 0) is 60.4 Å². The molecule has 7 nitrogen and oxygen atoms in total. The largest absolute Gasteiger partial charge is 0.411 e. The maximum absolute atomic E-state index is 13.8. The van der Waals surface area contributed by atoms with Crippen molar-refractivity contribution in [2.45, 2.75) is 36.9 Å². The number of alkyl halides is 3. The van der Waals surface area contributed by atoms with E-state index in [1.165, 1.54) is 24.3 Å². The summed E-state index contributed by atoms with van der Waals surface area (Å²) in [4.78, 5) is 13.3. The fourth-order valence-electron chi connectivity index (χ4n) is 4.11. The molecular weight excluding hydrogens is 522 g/mol. The number of nitrogens with zero attached hydrogens (tertiary/aromatic N) is 3. The Morgan fingerprint density at radius 2 is 1.66 bits per heavy atom. The van der Waals surface area contributed by atoms with Crippen LogP contribution < -0.4 is 10.6 Å². The molecule has 2 aromatic heterocycles. The molecule has 1 aliphatic carbocycles. The van der Waals surface area contributed by atoms with Gasteiger partial charge in [-0.2, -0.15) is 18.2 Å². The van der Waals surface area contributed by atoms with E-state index >= 15 is 0 Å². The highest BCUT2D eigenvalue weighted by Crippen LogP contribution is 2.51. The summed E-state index contributed by atoms with van der Waals surface area (Å²) in [6, 6.07) is 15.8. The van der Waals surface area contributed by atoms with E-state index in [0.717, 1.165) is 11.8 Å². The van der Waals surface area contributed by atoms with Gasteiger partial charge >= 0.3 is 6.18 Å². The summed E-state index contributed by atoms with van der Waals surface area (Å²) >= 11 is 0. The van der Waals surface area contributed by atoms with Crippen molar-refractivity contribution >= 4 is 32.6 Å². The molecular formula is C26H23F4N5O2S. The molecule has 1 fully saturated rings. The smallest absolute Gasteiger partial charge is 0.354 e. The molecule has 0 saturated heterocycles. The number of sulfone groups is 1. The molecule has 0 radical (unpaired) electrons. The third-order valence-electron chi connectivity index (χ3n) is 6.20. The van der Waals surface area contributed by atoms with Crippen molar-refractivity contribution in [3.05, 3.63) is 77.6 Å². The maximum Gasteiger partial charge on any atom is 0.411 e. The molecule has 2 aromatic carbocycles. The predicted molar refractivity (Wildman–Crippen MR) is 137 cm³/mol. The van der Waals surface area contributed by atoms with Crippen LogP contribution in [0.2, 0.25) is 0 Å². The van der Waals surface area contributed by atoms with Crippen molar-refractivity contribution in [3.8, 4) is 11.3 Å². The first-order valence-corrected chi connectivity index (χ1v) is 13.8. The Labute approximate surface area is 216 Å². The van der Waals surface area contributed by atoms with Gasteiger partial charge in [0.05, 0.1) is 17.0 Å². The van der Waals surface area contributed by atoms with Gasteiger partial charge in [-0.15, -0.1) is 0 Å². The van der Waals surface area contributed by atoms with E-state index in [1.807, 2.05) is 0 Å². The lowest BCUT2D eigenvalue weighted by Crippen LogP contribution is -2.39. The third kappa shape index (κ3) is 5.69. The summed E-state index contributed by atoms with van der Waals surface area (Å²) in [7, 11) is -3.21. The SMILES string of the molecule is CS(=O)(=O)Cc1cccc(CNc2nc(NC3(C(F)(F)F)CC3)c3nc(-c4ccc(F)cc4)ccc3n2)c1. The number of rotatable bonds is 8. The number of halogens is 4. The molecule has 0 aliphatic heterocycles. The molecule has 0 atom stereocenters. The molecule has 198 valence electrons. The van der Waals surface area contributed by atoms with Gasteiger partial charge in [0.1, 0.15) is 16.9 Å². The van der Waals surface area contributed by atoms with Crippen LogP contribution in [0.15, 0.2) is 60.7 Å². The normalized spacial score (nSPS) is 14.9. The second-order valence-corrected chi connectivity index (χ2v) is 11.6. The molecule has 1 aliphatic rings. The Hall–Kier alpha value is -3.80. The molecule has 4 aromatic rings. The summed E-state index contributed by atoms with van der Waals surface area (Å²) in [6.07, 6.45) is -3.50. The maximum atomic E-state index is 13.8. The monoisotopic (exact) mass is 545 g/mol. The molecule has 0 amide bonds. The fourth-order valence-corrected chi connectivity index (χ4v) is 4.89. The second-order valence-electron chi connectivity index (χ2n) is 9.42. The highest BCUT2D eigenvalue weighted by molar-refractivity contribution is 7.89. The van der Waals surface area contributed by atoms with E-state index in [9.17, 15) is 26.0 Å². The first-order chi connectivity index (χ1) is 17.9. The van der Waals surface area contributed by atoms with Crippen molar-refractivity contribution in [3.63, 3.8) is 0 Å². The zero-order valence-corrected chi connectivity index (χ0v) is 21.0. The molecule has 12 heteroatoms. The molecule has 2 N–H and O–H groups in total. The molecule has 38 heavy (non-hydrogen) atoms. The number of fused-ring (bicyclic) bond motifs is 1. The summed E-state index contributed by atoms with van der Waals surface area (Å²) in [5.41, 5.74) is 0.786. The fraction of sp³-hybridized carbons (Fsp3) is 0.269. The minimum atomic E-state index is -4.48. The van der Waals surface area contributed by atoms with Gasteiger partial charge < -0.3 is 10.6 Å². The average molecular weight is 546 g/mol. The van der Waals surface area contributed by atoms with Gasteiger partial charge in [-0.1, -0.05) is 24.3 Å². The number of hydrogen-bond acceptors (Lipinski definition) is 7. The highest BCUT2D eigenvalue weighted by Gasteiger charge is 2.64. The van der Waals surface area contributed by atoms with Gasteiger partial charge in [-0.3, -0.25) is 0 Å². The van der Waals surface area contributed by atoms with E-state index in [1.54, 1.807) is 36.4 Å². The van der Waals surface area contributed by atoms with Gasteiger partial charge in [0, 0.05) is 18.4 Å². The zero-order chi connectivity index (χ0) is 27.1. The van der Waals surface area contributed by atoms with Crippen molar-refractivity contribution < 1.29 is 26.0 Å². The summed E-state index contributed by atoms with van der Waals surface area (Å²) in [5.74, 6) is -0.508. The van der Waals surface area contributed by atoms with Crippen molar-refractivity contribution in [1.82, 2.24) is 15.0 Å². The van der Waals surface area contributed by atoms with Crippen LogP contribution in [0.5, 0.6) is 0 Å². The van der Waals surface area contributed by atoms with Crippen LogP contribution in [0.3, 0.4) is 0 Å². The lowest BCUT2D eigenvalue weighted by molar-refractivity contribution is -0.151. The quantitative estimate of drug-likeness (QED) is 0.283. The van der Waals surface area contributed by atoms with Crippen LogP contribution in [0.25, 0.3) is 22.3 Å². The van der Waals surface area contributed by atoms with Crippen molar-refractivity contribution in [2.75, 3.05) is 16.9 Å². The standard InChI is InChI=1S/C26H23F4N5O2S/c1-38(36,37)15-17-4-2-3-16(13-17)14-31-24-33-21-10-9-20(18-5-7-19(27)8-6-18)32-22(21)23(34-24)35-25(11-12-25)26(28,29)30/h2-10,13H,11-12,14-15H2,1H3,(H2,31,33,34,35). The lowest BCUT2D eigenvalue weighted by Gasteiger charge is -2.22. The zero-order valence-electron chi connectivity index (χ0n) is 20.2. The Balaban J connectivity index is 1.49. The van der Waals surface area contributed by atoms with Gasteiger partial charge in [0.15, 0.2) is 15.7 Å². The predicted octanol–water partition coefficient (Wildman–Crippen LogP) is 5.49. The summed E-state index contributed by atoms with van der Waals surface area (Å²) < 4.78 is 77.9. The number of hydrogen-bond donors (Lipinski definition) is 2. The minimum absolute atomic E-state index is 0.0675. The molecule has 2 heterocycles. The van der Waals surface area contributed by atoms with Crippen molar-refractivity contribution in [2.24, 2.45) is 0 Å². The van der Waals surface area contributed by atoms with E-state index in [-0.39, 0.29) is 42.4 Å². The van der Waals surface area contributed by atoms with E-state index in [0.29, 0.717) is 22.3 Å². The topological polar surface area (TPSA) is 96.9 Å². The van der Waals surface area contributed by atoms with Crippen LogP contribution in [0.1, 0.15) is 24.0 Å². The highest BCUT2D eigenvalue weighted by atomic mass is 32.2.